The molecule has 2 aromatic rings. The number of hydrogen-bond acceptors (Lipinski definition) is 5. The molecule has 5 nitrogen and oxygen atoms in total. The Bertz CT molecular complexity index is 784. The summed E-state index contributed by atoms with van der Waals surface area (Å²) in [6.45, 7) is 3.91. The highest BCUT2D eigenvalue weighted by molar-refractivity contribution is 6.32. The zero-order valence-electron chi connectivity index (χ0n) is 17.2. The lowest BCUT2D eigenvalue weighted by molar-refractivity contribution is 0.170. The van der Waals surface area contributed by atoms with Crippen molar-refractivity contribution in [3.8, 4) is 5.75 Å². The fourth-order valence-electron chi connectivity index (χ4n) is 4.22. The normalized spacial score (nSPS) is 18.6. The molecular weight excluding hydrogens is 384 g/mol. The third-order valence-corrected chi connectivity index (χ3v) is 6.32. The van der Waals surface area contributed by atoms with Gasteiger partial charge in [-0.1, -0.05) is 37.8 Å². The largest absolute Gasteiger partial charge is 0.489 e. The minimum absolute atomic E-state index is 0.177. The van der Waals surface area contributed by atoms with E-state index in [1.165, 1.54) is 37.7 Å². The van der Waals surface area contributed by atoms with Crippen LogP contribution in [0.1, 0.15) is 57.4 Å². The Labute approximate surface area is 178 Å². The zero-order valence-corrected chi connectivity index (χ0v) is 18.0. The van der Waals surface area contributed by atoms with Crippen LogP contribution in [-0.2, 0) is 6.42 Å². The minimum atomic E-state index is 0.177. The van der Waals surface area contributed by atoms with E-state index >= 15 is 0 Å². The maximum Gasteiger partial charge on any atom is 0.225 e. The predicted molar refractivity (Wildman–Crippen MR) is 119 cm³/mol. The van der Waals surface area contributed by atoms with E-state index in [0.717, 1.165) is 49.7 Å². The van der Waals surface area contributed by atoms with Crippen LogP contribution >= 0.6 is 11.6 Å². The Kier molecular flexibility index (Phi) is 6.75. The van der Waals surface area contributed by atoms with Gasteiger partial charge in [0, 0.05) is 50.1 Å². The molecule has 1 aliphatic heterocycles. The van der Waals surface area contributed by atoms with Crippen molar-refractivity contribution >= 4 is 23.2 Å². The second kappa shape index (κ2) is 9.66. The molecule has 1 aromatic heterocycles. The van der Waals surface area contributed by atoms with Gasteiger partial charge in [-0.05, 0) is 43.0 Å². The van der Waals surface area contributed by atoms with E-state index in [0.29, 0.717) is 11.1 Å². The van der Waals surface area contributed by atoms with E-state index in [9.17, 15) is 0 Å². The lowest BCUT2D eigenvalue weighted by Crippen LogP contribution is -2.39. The van der Waals surface area contributed by atoms with Crippen molar-refractivity contribution in [3.63, 3.8) is 0 Å². The van der Waals surface area contributed by atoms with Gasteiger partial charge in [0.15, 0.2) is 0 Å². The molecule has 29 heavy (non-hydrogen) atoms. The third-order valence-electron chi connectivity index (χ3n) is 6.03. The third kappa shape index (κ3) is 5.33. The smallest absolute Gasteiger partial charge is 0.225 e. The number of piperidine rings is 1. The van der Waals surface area contributed by atoms with Crippen molar-refractivity contribution in [2.45, 2.75) is 70.4 Å². The van der Waals surface area contributed by atoms with Gasteiger partial charge in [-0.2, -0.15) is 0 Å². The van der Waals surface area contributed by atoms with Gasteiger partial charge in [0.25, 0.3) is 0 Å². The number of hydrogen-bond donors (Lipinski definition) is 1. The molecule has 1 aliphatic carbocycles. The van der Waals surface area contributed by atoms with Crippen LogP contribution in [0, 0.1) is 0 Å². The number of rotatable bonds is 6. The van der Waals surface area contributed by atoms with Gasteiger partial charge in [0.1, 0.15) is 11.9 Å². The average Bonchev–Trinajstić information content (AvgIpc) is 2.77. The van der Waals surface area contributed by atoms with Crippen molar-refractivity contribution in [1.29, 1.82) is 0 Å². The van der Waals surface area contributed by atoms with Crippen LogP contribution in [0.5, 0.6) is 5.75 Å². The van der Waals surface area contributed by atoms with Gasteiger partial charge < -0.3 is 15.0 Å². The van der Waals surface area contributed by atoms with Gasteiger partial charge in [-0.3, -0.25) is 0 Å². The second-order valence-corrected chi connectivity index (χ2v) is 8.58. The molecule has 0 radical (unpaired) electrons. The van der Waals surface area contributed by atoms with Crippen LogP contribution in [0.2, 0.25) is 5.02 Å². The number of benzene rings is 1. The Hall–Kier alpha value is -2.01. The van der Waals surface area contributed by atoms with E-state index in [-0.39, 0.29) is 6.10 Å². The first-order valence-electron chi connectivity index (χ1n) is 11.0. The fraction of sp³-hybridized carbons (Fsp3) is 0.565. The maximum absolute atomic E-state index is 6.52. The number of aromatic nitrogens is 2. The summed E-state index contributed by atoms with van der Waals surface area (Å²) in [6.07, 6.45) is 13.4. The van der Waals surface area contributed by atoms with E-state index in [1.807, 2.05) is 24.5 Å². The Morgan fingerprint density at radius 3 is 2.45 bits per heavy atom. The highest BCUT2D eigenvalue weighted by Gasteiger charge is 2.23. The zero-order chi connectivity index (χ0) is 20.1. The number of aryl methyl sites for hydroxylation is 1. The Balaban J connectivity index is 1.29. The van der Waals surface area contributed by atoms with Crippen molar-refractivity contribution in [3.05, 3.63) is 41.2 Å². The quantitative estimate of drug-likeness (QED) is 0.677. The van der Waals surface area contributed by atoms with E-state index in [1.54, 1.807) is 0 Å². The van der Waals surface area contributed by atoms with Crippen LogP contribution in [0.25, 0.3) is 0 Å². The molecule has 2 fully saturated rings. The van der Waals surface area contributed by atoms with Gasteiger partial charge in [0.2, 0.25) is 5.95 Å². The SMILES string of the molecule is CCc1cnc(N2CCC(Oc3ccc(NC4CCCCC4)cc3Cl)CC2)nc1. The molecule has 2 aliphatic rings. The summed E-state index contributed by atoms with van der Waals surface area (Å²) in [5.74, 6) is 1.60. The summed E-state index contributed by atoms with van der Waals surface area (Å²) >= 11 is 6.52. The molecule has 0 bridgehead atoms. The predicted octanol–water partition coefficient (Wildman–Crippen LogP) is 5.48. The van der Waals surface area contributed by atoms with Crippen LogP contribution in [0.15, 0.2) is 30.6 Å². The molecule has 1 saturated heterocycles. The second-order valence-electron chi connectivity index (χ2n) is 8.17. The highest BCUT2D eigenvalue weighted by atomic mass is 35.5. The summed E-state index contributed by atoms with van der Waals surface area (Å²) in [6, 6.07) is 6.68. The first-order valence-corrected chi connectivity index (χ1v) is 11.4. The molecule has 4 rings (SSSR count). The first kappa shape index (κ1) is 20.3. The number of ether oxygens (including phenoxy) is 1. The summed E-state index contributed by atoms with van der Waals surface area (Å²) in [4.78, 5) is 11.2. The van der Waals surface area contributed by atoms with Gasteiger partial charge in [0.05, 0.1) is 5.02 Å². The monoisotopic (exact) mass is 414 g/mol. The van der Waals surface area contributed by atoms with E-state index in [2.05, 4.69) is 33.2 Å². The van der Waals surface area contributed by atoms with Gasteiger partial charge >= 0.3 is 0 Å². The highest BCUT2D eigenvalue weighted by Crippen LogP contribution is 2.31. The lowest BCUT2D eigenvalue weighted by Gasteiger charge is -2.32. The molecule has 0 spiro atoms. The van der Waals surface area contributed by atoms with Crippen molar-refractivity contribution < 1.29 is 4.74 Å². The maximum atomic E-state index is 6.52. The molecule has 0 unspecified atom stereocenters. The van der Waals surface area contributed by atoms with Crippen LogP contribution in [0.4, 0.5) is 11.6 Å². The molecule has 1 saturated carbocycles. The van der Waals surface area contributed by atoms with Crippen molar-refractivity contribution in [1.82, 2.24) is 9.97 Å². The van der Waals surface area contributed by atoms with E-state index in [4.69, 9.17) is 16.3 Å². The van der Waals surface area contributed by atoms with Crippen LogP contribution in [-0.4, -0.2) is 35.2 Å². The molecule has 0 atom stereocenters. The molecule has 6 heteroatoms. The van der Waals surface area contributed by atoms with Crippen molar-refractivity contribution in [2.24, 2.45) is 0 Å². The Morgan fingerprint density at radius 2 is 1.79 bits per heavy atom. The minimum Gasteiger partial charge on any atom is -0.489 e. The molecule has 1 N–H and O–H groups in total. The molecular formula is C23H31ClN4O. The summed E-state index contributed by atoms with van der Waals surface area (Å²) in [5, 5.41) is 4.31. The standard InChI is InChI=1S/C23H31ClN4O/c1-2-17-15-25-23(26-16-17)28-12-10-20(11-13-28)29-22-9-8-19(14-21(22)24)27-18-6-4-3-5-7-18/h8-9,14-16,18,20,27H,2-7,10-13H2,1H3. The number of anilines is 2. The number of nitrogens with one attached hydrogen (secondary N) is 1. The van der Waals surface area contributed by atoms with E-state index < -0.39 is 0 Å². The fourth-order valence-corrected chi connectivity index (χ4v) is 4.44. The summed E-state index contributed by atoms with van der Waals surface area (Å²) in [7, 11) is 0. The first-order chi connectivity index (χ1) is 14.2. The molecule has 0 amide bonds. The van der Waals surface area contributed by atoms with Crippen LogP contribution in [0.3, 0.4) is 0 Å². The van der Waals surface area contributed by atoms with Crippen molar-refractivity contribution in [2.75, 3.05) is 23.3 Å². The summed E-state index contributed by atoms with van der Waals surface area (Å²) < 4.78 is 6.22. The van der Waals surface area contributed by atoms with Gasteiger partial charge in [-0.15, -0.1) is 0 Å². The molecule has 1 aromatic carbocycles. The lowest BCUT2D eigenvalue weighted by atomic mass is 9.95. The Morgan fingerprint density at radius 1 is 1.07 bits per heavy atom. The average molecular weight is 415 g/mol. The molecule has 156 valence electrons. The topological polar surface area (TPSA) is 50.3 Å². The summed E-state index contributed by atoms with van der Waals surface area (Å²) in [5.41, 5.74) is 2.26. The number of halogens is 1. The van der Waals surface area contributed by atoms with Crippen LogP contribution < -0.4 is 15.0 Å². The number of nitrogens with zero attached hydrogens (tertiary/aromatic N) is 3. The molecule has 2 heterocycles. The van der Waals surface area contributed by atoms with Gasteiger partial charge in [-0.25, -0.2) is 9.97 Å².